The number of imidazole rings is 1. The molecule has 9 heteroatoms. The van der Waals surface area contributed by atoms with E-state index in [0.717, 1.165) is 0 Å². The molecule has 4 N–H and O–H groups in total. The number of benzene rings is 1. The Hall–Kier alpha value is -2.87. The standard InChI is InChI=1S/C12H10ClN7O/c13-7-2-1-3-8(9(7)20-5-4-15-6-20)16-11(21)10-17-12(14)19-18-10/h1-6H,(H,16,21)(H3,14,17,18,19). The zero-order valence-corrected chi connectivity index (χ0v) is 11.4. The van der Waals surface area contributed by atoms with E-state index in [4.69, 9.17) is 17.3 Å². The minimum atomic E-state index is -0.470. The highest BCUT2D eigenvalue weighted by Crippen LogP contribution is 2.28. The molecule has 3 rings (SSSR count). The molecule has 0 saturated carbocycles. The molecule has 0 bridgehead atoms. The Morgan fingerprint density at radius 2 is 2.29 bits per heavy atom. The van der Waals surface area contributed by atoms with Crippen molar-refractivity contribution >= 4 is 29.1 Å². The van der Waals surface area contributed by atoms with E-state index in [9.17, 15) is 4.79 Å². The number of hydrogen-bond acceptors (Lipinski definition) is 5. The largest absolute Gasteiger partial charge is 0.366 e. The fourth-order valence-corrected chi connectivity index (χ4v) is 2.10. The highest BCUT2D eigenvalue weighted by atomic mass is 35.5. The van der Waals surface area contributed by atoms with E-state index >= 15 is 0 Å². The van der Waals surface area contributed by atoms with Crippen LogP contribution in [0.3, 0.4) is 0 Å². The number of halogens is 1. The number of H-pyrrole nitrogens is 1. The first-order valence-electron chi connectivity index (χ1n) is 5.91. The maximum absolute atomic E-state index is 12.1. The normalized spacial score (nSPS) is 10.5. The van der Waals surface area contributed by atoms with Crippen LogP contribution in [0.5, 0.6) is 0 Å². The maximum Gasteiger partial charge on any atom is 0.293 e. The van der Waals surface area contributed by atoms with Gasteiger partial charge in [-0.1, -0.05) is 17.7 Å². The zero-order valence-electron chi connectivity index (χ0n) is 10.6. The Morgan fingerprint density at radius 1 is 1.43 bits per heavy atom. The van der Waals surface area contributed by atoms with Crippen molar-refractivity contribution < 1.29 is 4.79 Å². The Kier molecular flexibility index (Phi) is 3.28. The van der Waals surface area contributed by atoms with Gasteiger partial charge in [-0.3, -0.25) is 9.89 Å². The van der Waals surface area contributed by atoms with Crippen LogP contribution in [0, 0.1) is 0 Å². The molecule has 21 heavy (non-hydrogen) atoms. The summed E-state index contributed by atoms with van der Waals surface area (Å²) >= 11 is 6.20. The molecular weight excluding hydrogens is 294 g/mol. The summed E-state index contributed by atoms with van der Waals surface area (Å²) in [4.78, 5) is 19.8. The van der Waals surface area contributed by atoms with Gasteiger partial charge in [0.25, 0.3) is 5.91 Å². The zero-order chi connectivity index (χ0) is 14.8. The number of nitrogens with two attached hydrogens (primary N) is 1. The van der Waals surface area contributed by atoms with Gasteiger partial charge >= 0.3 is 0 Å². The number of nitrogens with one attached hydrogen (secondary N) is 2. The Morgan fingerprint density at radius 3 is 2.95 bits per heavy atom. The quantitative estimate of drug-likeness (QED) is 0.678. The van der Waals surface area contributed by atoms with E-state index < -0.39 is 5.91 Å². The smallest absolute Gasteiger partial charge is 0.293 e. The summed E-state index contributed by atoms with van der Waals surface area (Å²) in [5.74, 6) is -0.451. The van der Waals surface area contributed by atoms with Crippen molar-refractivity contribution in [1.29, 1.82) is 0 Å². The second-order valence-corrected chi connectivity index (χ2v) is 4.51. The number of amides is 1. The number of aromatic amines is 1. The summed E-state index contributed by atoms with van der Waals surface area (Å²) in [6.07, 6.45) is 4.93. The molecule has 2 aromatic heterocycles. The monoisotopic (exact) mass is 303 g/mol. The molecule has 0 aliphatic carbocycles. The Bertz CT molecular complexity index is 781. The third-order valence-corrected chi connectivity index (χ3v) is 3.02. The number of carbonyl (C=O) groups is 1. The first-order valence-corrected chi connectivity index (χ1v) is 6.29. The Balaban J connectivity index is 1.96. The molecule has 1 aromatic carbocycles. The molecular formula is C12H10ClN7O. The summed E-state index contributed by atoms with van der Waals surface area (Å²) < 4.78 is 1.70. The molecule has 0 spiro atoms. The lowest BCUT2D eigenvalue weighted by molar-refractivity contribution is 0.101. The maximum atomic E-state index is 12.1. The predicted octanol–water partition coefficient (Wildman–Crippen LogP) is 1.48. The number of hydrogen-bond donors (Lipinski definition) is 3. The van der Waals surface area contributed by atoms with Gasteiger partial charge in [0.05, 0.1) is 22.7 Å². The lowest BCUT2D eigenvalue weighted by Crippen LogP contribution is -2.15. The summed E-state index contributed by atoms with van der Waals surface area (Å²) in [6, 6.07) is 5.17. The van der Waals surface area contributed by atoms with Gasteiger partial charge in [0, 0.05) is 12.4 Å². The number of para-hydroxylation sites is 1. The predicted molar refractivity (Wildman–Crippen MR) is 77.3 cm³/mol. The highest BCUT2D eigenvalue weighted by molar-refractivity contribution is 6.33. The van der Waals surface area contributed by atoms with Crippen LogP contribution in [0.25, 0.3) is 5.69 Å². The van der Waals surface area contributed by atoms with Crippen molar-refractivity contribution in [2.45, 2.75) is 0 Å². The molecule has 0 unspecified atom stereocenters. The molecule has 0 saturated heterocycles. The topological polar surface area (TPSA) is 115 Å². The number of aromatic nitrogens is 5. The van der Waals surface area contributed by atoms with Crippen molar-refractivity contribution in [2.75, 3.05) is 11.1 Å². The van der Waals surface area contributed by atoms with E-state index in [0.29, 0.717) is 16.4 Å². The van der Waals surface area contributed by atoms with E-state index in [2.05, 4.69) is 25.5 Å². The minimum absolute atomic E-state index is 0.000997. The first kappa shape index (κ1) is 13.1. The van der Waals surface area contributed by atoms with Crippen molar-refractivity contribution in [2.24, 2.45) is 0 Å². The fraction of sp³-hybridized carbons (Fsp3) is 0. The number of carbonyl (C=O) groups excluding carboxylic acids is 1. The average Bonchev–Trinajstić information content (AvgIpc) is 3.10. The first-order chi connectivity index (χ1) is 10.1. The molecule has 0 aliphatic rings. The summed E-state index contributed by atoms with van der Waals surface area (Å²) in [7, 11) is 0. The number of nitrogens with zero attached hydrogens (tertiary/aromatic N) is 4. The SMILES string of the molecule is Nc1n[nH]c(C(=O)Nc2cccc(Cl)c2-n2ccnc2)n1. The molecule has 106 valence electrons. The van der Waals surface area contributed by atoms with Crippen molar-refractivity contribution in [3.63, 3.8) is 0 Å². The second-order valence-electron chi connectivity index (χ2n) is 4.10. The van der Waals surface area contributed by atoms with Crippen LogP contribution in [-0.4, -0.2) is 30.6 Å². The molecule has 0 fully saturated rings. The van der Waals surface area contributed by atoms with Crippen LogP contribution >= 0.6 is 11.6 Å². The molecule has 8 nitrogen and oxygen atoms in total. The van der Waals surface area contributed by atoms with Crippen molar-refractivity contribution in [3.05, 3.63) is 47.8 Å². The summed E-state index contributed by atoms with van der Waals surface area (Å²) in [5, 5.41) is 9.24. The van der Waals surface area contributed by atoms with Crippen LogP contribution in [-0.2, 0) is 0 Å². The van der Waals surface area contributed by atoms with E-state index in [1.54, 1.807) is 41.5 Å². The summed E-state index contributed by atoms with van der Waals surface area (Å²) in [5.41, 5.74) is 6.50. The van der Waals surface area contributed by atoms with E-state index in [1.165, 1.54) is 0 Å². The summed E-state index contributed by atoms with van der Waals surface area (Å²) in [6.45, 7) is 0. The van der Waals surface area contributed by atoms with Gasteiger partial charge in [0.1, 0.15) is 0 Å². The van der Waals surface area contributed by atoms with Gasteiger partial charge in [0.15, 0.2) is 0 Å². The molecule has 1 amide bonds. The van der Waals surface area contributed by atoms with Gasteiger partial charge < -0.3 is 15.6 Å². The molecule has 2 heterocycles. The number of nitrogen functional groups attached to an aromatic ring is 1. The van der Waals surface area contributed by atoms with Gasteiger partial charge in [-0.2, -0.15) is 4.98 Å². The van der Waals surface area contributed by atoms with Gasteiger partial charge in [-0.05, 0) is 12.1 Å². The van der Waals surface area contributed by atoms with Crippen molar-refractivity contribution in [3.8, 4) is 5.69 Å². The van der Waals surface area contributed by atoms with E-state index in [-0.39, 0.29) is 11.8 Å². The van der Waals surface area contributed by atoms with Crippen LogP contribution in [0.15, 0.2) is 36.9 Å². The van der Waals surface area contributed by atoms with Crippen LogP contribution in [0.2, 0.25) is 5.02 Å². The molecule has 3 aromatic rings. The minimum Gasteiger partial charge on any atom is -0.366 e. The molecule has 0 atom stereocenters. The van der Waals surface area contributed by atoms with Crippen LogP contribution in [0.4, 0.5) is 11.6 Å². The highest BCUT2D eigenvalue weighted by Gasteiger charge is 2.15. The number of rotatable bonds is 3. The number of anilines is 2. The fourth-order valence-electron chi connectivity index (χ4n) is 1.83. The van der Waals surface area contributed by atoms with Crippen LogP contribution in [0.1, 0.15) is 10.6 Å². The second kappa shape index (κ2) is 5.25. The van der Waals surface area contributed by atoms with Gasteiger partial charge in [0.2, 0.25) is 11.8 Å². The van der Waals surface area contributed by atoms with Gasteiger partial charge in [-0.25, -0.2) is 4.98 Å². The lowest BCUT2D eigenvalue weighted by Gasteiger charge is -2.12. The average molecular weight is 304 g/mol. The van der Waals surface area contributed by atoms with Gasteiger partial charge in [-0.15, -0.1) is 5.10 Å². The Labute approximate surface area is 124 Å². The molecule has 0 radical (unpaired) electrons. The lowest BCUT2D eigenvalue weighted by atomic mass is 10.2. The molecule has 0 aliphatic heterocycles. The van der Waals surface area contributed by atoms with E-state index in [1.807, 2.05) is 0 Å². The van der Waals surface area contributed by atoms with Crippen LogP contribution < -0.4 is 11.1 Å². The van der Waals surface area contributed by atoms with Crippen molar-refractivity contribution in [1.82, 2.24) is 24.7 Å². The third-order valence-electron chi connectivity index (χ3n) is 2.72. The third kappa shape index (κ3) is 2.56.